The van der Waals surface area contributed by atoms with E-state index in [1.807, 2.05) is 13.8 Å². The zero-order valence-electron chi connectivity index (χ0n) is 4.83. The van der Waals surface area contributed by atoms with Crippen LogP contribution in [0.15, 0.2) is 0 Å². The van der Waals surface area contributed by atoms with Crippen LogP contribution in [-0.2, 0) is 0 Å². The fourth-order valence-corrected chi connectivity index (χ4v) is 0. The molecule has 0 saturated heterocycles. The molecule has 0 aliphatic heterocycles. The first kappa shape index (κ1) is 9.54. The smallest absolute Gasteiger partial charge is 0.00209 e. The zero-order valence-corrected chi connectivity index (χ0v) is 5.58. The first-order valence-corrected chi connectivity index (χ1v) is 2.40. The molecule has 0 spiro atoms. The molecule has 0 bridgehead atoms. The van der Waals surface area contributed by atoms with Crippen LogP contribution in [-0.4, -0.2) is 18.5 Å². The van der Waals surface area contributed by atoms with E-state index >= 15 is 0 Å². The van der Waals surface area contributed by atoms with E-state index in [2.05, 4.69) is 0 Å². The van der Waals surface area contributed by atoms with Gasteiger partial charge in [0.05, 0.1) is 0 Å². The molecule has 0 aliphatic carbocycles. The molecule has 0 radical (unpaired) electrons. The molecule has 0 heterocycles. The summed E-state index contributed by atoms with van der Waals surface area (Å²) in [4.78, 5) is 0. The number of halogens is 1. The fourth-order valence-electron chi connectivity index (χ4n) is 0. The summed E-state index contributed by atoms with van der Waals surface area (Å²) in [7, 11) is 3.53. The summed E-state index contributed by atoms with van der Waals surface area (Å²) in [5.41, 5.74) is 0. The second kappa shape index (κ2) is 8.98. The molecule has 0 unspecified atom stereocenters. The van der Waals surface area contributed by atoms with Crippen molar-refractivity contribution >= 4 is 11.8 Å². The number of rotatable bonds is 0. The van der Waals surface area contributed by atoms with Crippen LogP contribution in [0.3, 0.4) is 0 Å². The van der Waals surface area contributed by atoms with Gasteiger partial charge in [0.2, 0.25) is 0 Å². The van der Waals surface area contributed by atoms with Gasteiger partial charge in [-0.25, -0.2) is 4.42 Å². The van der Waals surface area contributed by atoms with Gasteiger partial charge in [-0.2, -0.15) is 0 Å². The van der Waals surface area contributed by atoms with Crippen molar-refractivity contribution in [3.8, 4) is 0 Å². The summed E-state index contributed by atoms with van der Waals surface area (Å²) in [6.45, 7) is 4.00. The van der Waals surface area contributed by atoms with E-state index in [9.17, 15) is 0 Å². The zero-order chi connectivity index (χ0) is 5.58. The van der Waals surface area contributed by atoms with E-state index in [0.29, 0.717) is 0 Å². The predicted molar refractivity (Wildman–Crippen MR) is 30.9 cm³/mol. The lowest BCUT2D eigenvalue weighted by atomic mass is 11.0. The van der Waals surface area contributed by atoms with Gasteiger partial charge in [-0.15, -0.1) is 0 Å². The van der Waals surface area contributed by atoms with Gasteiger partial charge in [0, 0.05) is 14.1 Å². The predicted octanol–water partition coefficient (Wildman–Crippen LogP) is 1.73. The van der Waals surface area contributed by atoms with Crippen molar-refractivity contribution < 1.29 is 0 Å². The van der Waals surface area contributed by atoms with Crippen LogP contribution in [0.5, 0.6) is 0 Å². The van der Waals surface area contributed by atoms with E-state index in [4.69, 9.17) is 11.8 Å². The normalized spacial score (nSPS) is 7.00. The Morgan fingerprint density at radius 3 is 1.17 bits per heavy atom. The molecule has 6 heavy (non-hydrogen) atoms. The van der Waals surface area contributed by atoms with Crippen LogP contribution in [0.1, 0.15) is 13.8 Å². The lowest BCUT2D eigenvalue weighted by Crippen LogP contribution is -1.89. The van der Waals surface area contributed by atoms with E-state index in [1.54, 1.807) is 14.1 Å². The number of hydrogen-bond acceptors (Lipinski definition) is 1. The van der Waals surface area contributed by atoms with E-state index in [-0.39, 0.29) is 0 Å². The Morgan fingerprint density at radius 1 is 1.17 bits per heavy atom. The average molecular weight is 110 g/mol. The van der Waals surface area contributed by atoms with Crippen molar-refractivity contribution in [1.29, 1.82) is 0 Å². The molecule has 0 N–H and O–H groups in total. The van der Waals surface area contributed by atoms with Crippen molar-refractivity contribution in [3.05, 3.63) is 0 Å². The monoisotopic (exact) mass is 109 g/mol. The Labute approximate surface area is 45.0 Å². The van der Waals surface area contributed by atoms with Crippen molar-refractivity contribution in [3.63, 3.8) is 0 Å². The molecular formula is C4H12ClN. The molecule has 40 valence electrons. The van der Waals surface area contributed by atoms with Crippen LogP contribution < -0.4 is 0 Å². The second-order valence-electron chi connectivity index (χ2n) is 0.785. The van der Waals surface area contributed by atoms with Crippen LogP contribution in [0.4, 0.5) is 0 Å². The minimum atomic E-state index is 1.47. The third-order valence-corrected chi connectivity index (χ3v) is 0. The number of hydrogen-bond donors (Lipinski definition) is 0. The molecule has 2 heteroatoms. The summed E-state index contributed by atoms with van der Waals surface area (Å²) >= 11 is 5.11. The van der Waals surface area contributed by atoms with Crippen LogP contribution in [0, 0.1) is 0 Å². The summed E-state index contributed by atoms with van der Waals surface area (Å²) in [6, 6.07) is 0. The molecule has 0 atom stereocenters. The minimum absolute atomic E-state index is 1.47. The highest BCUT2D eigenvalue weighted by Crippen LogP contribution is 1.71. The standard InChI is InChI=1S/C2H6ClN.C2H6/c1-4(2)3;1-2/h1-2H3;1-2H3. The molecule has 0 rings (SSSR count). The van der Waals surface area contributed by atoms with Crippen LogP contribution >= 0.6 is 11.8 Å². The van der Waals surface area contributed by atoms with Gasteiger partial charge >= 0.3 is 0 Å². The lowest BCUT2D eigenvalue weighted by Gasteiger charge is -1.85. The van der Waals surface area contributed by atoms with Gasteiger partial charge in [-0.3, -0.25) is 0 Å². The molecular weight excluding hydrogens is 97.5 g/mol. The van der Waals surface area contributed by atoms with Crippen molar-refractivity contribution in [2.45, 2.75) is 13.8 Å². The maximum absolute atomic E-state index is 5.11. The number of nitrogens with zero attached hydrogens (tertiary/aromatic N) is 1. The SMILES string of the molecule is CC.CN(C)Cl. The molecule has 0 aromatic carbocycles. The average Bonchev–Trinajstić information content (AvgIpc) is 1.41. The summed E-state index contributed by atoms with van der Waals surface area (Å²) in [6.07, 6.45) is 0. The van der Waals surface area contributed by atoms with E-state index < -0.39 is 0 Å². The lowest BCUT2D eigenvalue weighted by molar-refractivity contribution is 0.681. The first-order valence-electron chi connectivity index (χ1n) is 2.06. The van der Waals surface area contributed by atoms with Crippen molar-refractivity contribution in [2.24, 2.45) is 0 Å². The summed E-state index contributed by atoms with van der Waals surface area (Å²) in [5.74, 6) is 0. The maximum Gasteiger partial charge on any atom is 0.00209 e. The highest BCUT2D eigenvalue weighted by Gasteiger charge is 1.62. The van der Waals surface area contributed by atoms with Gasteiger partial charge in [-0.05, 0) is 11.8 Å². The van der Waals surface area contributed by atoms with Gasteiger partial charge < -0.3 is 0 Å². The van der Waals surface area contributed by atoms with Gasteiger partial charge in [-0.1, -0.05) is 13.8 Å². The highest BCUT2D eigenvalue weighted by atomic mass is 35.5. The Kier molecular flexibility index (Phi) is 14.3. The molecule has 0 fully saturated rings. The Hall–Kier alpha value is 0.250. The summed E-state index contributed by atoms with van der Waals surface area (Å²) in [5, 5.41) is 0. The van der Waals surface area contributed by atoms with E-state index in [1.165, 1.54) is 4.42 Å². The van der Waals surface area contributed by atoms with Crippen molar-refractivity contribution in [1.82, 2.24) is 4.42 Å². The summed E-state index contributed by atoms with van der Waals surface area (Å²) < 4.78 is 1.47. The Balaban J connectivity index is 0. The second-order valence-corrected chi connectivity index (χ2v) is 1.46. The minimum Gasteiger partial charge on any atom is -0.226 e. The molecule has 0 aliphatic rings. The van der Waals surface area contributed by atoms with Crippen LogP contribution in [0.25, 0.3) is 0 Å². The largest absolute Gasteiger partial charge is 0.226 e. The van der Waals surface area contributed by atoms with Crippen LogP contribution in [0.2, 0.25) is 0 Å². The van der Waals surface area contributed by atoms with Gasteiger partial charge in [0.15, 0.2) is 0 Å². The molecule has 1 nitrogen and oxygen atoms in total. The van der Waals surface area contributed by atoms with E-state index in [0.717, 1.165) is 0 Å². The molecule has 0 aromatic rings. The third-order valence-electron chi connectivity index (χ3n) is 0. The Morgan fingerprint density at radius 2 is 1.17 bits per heavy atom. The quantitative estimate of drug-likeness (QED) is 0.429. The fraction of sp³-hybridized carbons (Fsp3) is 1.00. The third kappa shape index (κ3) is 718. The molecule has 0 saturated carbocycles. The van der Waals surface area contributed by atoms with Gasteiger partial charge in [0.1, 0.15) is 0 Å². The highest BCUT2D eigenvalue weighted by molar-refractivity contribution is 6.12. The molecule has 0 amide bonds. The topological polar surface area (TPSA) is 3.24 Å². The molecule has 0 aromatic heterocycles. The Bertz CT molecular complexity index is 12.3. The first-order chi connectivity index (χ1) is 2.73. The maximum atomic E-state index is 5.11. The van der Waals surface area contributed by atoms with Crippen molar-refractivity contribution in [2.75, 3.05) is 14.1 Å². The van der Waals surface area contributed by atoms with Gasteiger partial charge in [0.25, 0.3) is 0 Å².